The molecule has 0 bridgehead atoms. The number of methoxy groups -OCH3 is 1. The van der Waals surface area contributed by atoms with E-state index in [1.807, 2.05) is 30.3 Å². The summed E-state index contributed by atoms with van der Waals surface area (Å²) in [6, 6.07) is 10.8. The van der Waals surface area contributed by atoms with E-state index in [9.17, 15) is 9.59 Å². The molecule has 1 N–H and O–H groups in total. The van der Waals surface area contributed by atoms with Crippen LogP contribution in [-0.4, -0.2) is 30.0 Å². The van der Waals surface area contributed by atoms with Crippen molar-refractivity contribution in [3.63, 3.8) is 0 Å². The fourth-order valence-corrected chi connectivity index (χ4v) is 1.87. The second kappa shape index (κ2) is 6.14. The first-order valence-corrected chi connectivity index (χ1v) is 6.33. The van der Waals surface area contributed by atoms with Gasteiger partial charge in [-0.1, -0.05) is 24.3 Å². The fraction of sp³-hybridized carbons (Fsp3) is 0.267. The molecule has 0 spiro atoms. The Hall–Kier alpha value is -2.43. The van der Waals surface area contributed by atoms with Crippen LogP contribution in [-0.2, 0) is 9.53 Å². The van der Waals surface area contributed by atoms with E-state index in [0.29, 0.717) is 5.69 Å². The average Bonchev–Trinajstić information content (AvgIpc) is 2.46. The summed E-state index contributed by atoms with van der Waals surface area (Å²) in [5, 5.41) is 3.70. The van der Waals surface area contributed by atoms with Crippen LogP contribution in [0.3, 0.4) is 0 Å². The number of amides is 1. The van der Waals surface area contributed by atoms with E-state index in [0.717, 1.165) is 10.9 Å². The first-order chi connectivity index (χ1) is 9.60. The van der Waals surface area contributed by atoms with Crippen LogP contribution in [0.4, 0.5) is 0 Å². The van der Waals surface area contributed by atoms with Crippen molar-refractivity contribution in [3.8, 4) is 0 Å². The van der Waals surface area contributed by atoms with Crippen molar-refractivity contribution >= 4 is 22.8 Å². The maximum Gasteiger partial charge on any atom is 0.307 e. The Kier molecular flexibility index (Phi) is 4.30. The second-order valence-electron chi connectivity index (χ2n) is 4.54. The molecule has 0 aliphatic rings. The Balaban J connectivity index is 2.09. The van der Waals surface area contributed by atoms with Crippen LogP contribution >= 0.6 is 0 Å². The van der Waals surface area contributed by atoms with E-state index in [1.165, 1.54) is 7.11 Å². The van der Waals surface area contributed by atoms with Gasteiger partial charge >= 0.3 is 5.97 Å². The van der Waals surface area contributed by atoms with E-state index in [1.54, 1.807) is 13.0 Å². The highest BCUT2D eigenvalue weighted by Gasteiger charge is 2.14. The van der Waals surface area contributed by atoms with Crippen molar-refractivity contribution in [1.82, 2.24) is 10.3 Å². The van der Waals surface area contributed by atoms with Crippen molar-refractivity contribution in [1.29, 1.82) is 0 Å². The summed E-state index contributed by atoms with van der Waals surface area (Å²) in [6.45, 7) is 1.75. The van der Waals surface area contributed by atoms with Gasteiger partial charge < -0.3 is 10.1 Å². The third-order valence-corrected chi connectivity index (χ3v) is 2.91. The Bertz CT molecular complexity index is 640. The third kappa shape index (κ3) is 3.32. The molecule has 104 valence electrons. The van der Waals surface area contributed by atoms with Crippen molar-refractivity contribution in [2.45, 2.75) is 19.4 Å². The van der Waals surface area contributed by atoms with Crippen molar-refractivity contribution in [2.24, 2.45) is 0 Å². The molecule has 5 nitrogen and oxygen atoms in total. The number of hydrogen-bond acceptors (Lipinski definition) is 4. The van der Waals surface area contributed by atoms with Crippen LogP contribution in [0.5, 0.6) is 0 Å². The van der Waals surface area contributed by atoms with Gasteiger partial charge in [-0.25, -0.2) is 4.98 Å². The van der Waals surface area contributed by atoms with Crippen LogP contribution in [0.15, 0.2) is 36.4 Å². The minimum absolute atomic E-state index is 0.135. The standard InChI is InChI=1S/C15H16N2O3/c1-10(9-14(18)20-2)16-15(19)13-8-7-11-5-3-4-6-12(11)17-13/h3-8,10H,9H2,1-2H3,(H,16,19). The molecule has 0 aliphatic carbocycles. The first kappa shape index (κ1) is 14.0. The lowest BCUT2D eigenvalue weighted by Gasteiger charge is -2.12. The van der Waals surface area contributed by atoms with Crippen molar-refractivity contribution in [3.05, 3.63) is 42.1 Å². The molecule has 1 aromatic heterocycles. The van der Waals surface area contributed by atoms with Gasteiger partial charge in [0.05, 0.1) is 19.0 Å². The summed E-state index contributed by atoms with van der Waals surface area (Å²) >= 11 is 0. The van der Waals surface area contributed by atoms with E-state index in [4.69, 9.17) is 0 Å². The molecule has 20 heavy (non-hydrogen) atoms. The molecule has 0 fully saturated rings. The minimum Gasteiger partial charge on any atom is -0.469 e. The number of para-hydroxylation sites is 1. The van der Waals surface area contributed by atoms with Crippen LogP contribution < -0.4 is 5.32 Å². The average molecular weight is 272 g/mol. The van der Waals surface area contributed by atoms with Gasteiger partial charge in [-0.15, -0.1) is 0 Å². The SMILES string of the molecule is COC(=O)CC(C)NC(=O)c1ccc2ccccc2n1. The molecule has 0 aliphatic heterocycles. The summed E-state index contributed by atoms with van der Waals surface area (Å²) in [5.41, 5.74) is 1.10. The molecule has 1 aromatic carbocycles. The minimum atomic E-state index is -0.357. The summed E-state index contributed by atoms with van der Waals surface area (Å²) in [6.07, 6.45) is 0.135. The zero-order chi connectivity index (χ0) is 14.5. The lowest BCUT2D eigenvalue weighted by Crippen LogP contribution is -2.34. The summed E-state index contributed by atoms with van der Waals surface area (Å²) < 4.78 is 4.56. The lowest BCUT2D eigenvalue weighted by molar-refractivity contribution is -0.141. The Morgan fingerprint density at radius 1 is 1.25 bits per heavy atom. The molecule has 2 aromatic rings. The number of carbonyl (C=O) groups is 2. The summed E-state index contributed by atoms with van der Waals surface area (Å²) in [5.74, 6) is -0.656. The van der Waals surface area contributed by atoms with Gasteiger partial charge in [0.25, 0.3) is 5.91 Å². The number of hydrogen-bond donors (Lipinski definition) is 1. The number of nitrogens with zero attached hydrogens (tertiary/aromatic N) is 1. The van der Waals surface area contributed by atoms with Gasteiger partial charge in [-0.2, -0.15) is 0 Å². The van der Waals surface area contributed by atoms with Gasteiger partial charge in [0.2, 0.25) is 0 Å². The zero-order valence-electron chi connectivity index (χ0n) is 11.4. The lowest BCUT2D eigenvalue weighted by atomic mass is 10.2. The zero-order valence-corrected chi connectivity index (χ0v) is 11.4. The molecule has 0 saturated carbocycles. The van der Waals surface area contributed by atoms with Crippen molar-refractivity contribution < 1.29 is 14.3 Å². The molecule has 0 saturated heterocycles. The smallest absolute Gasteiger partial charge is 0.307 e. The topological polar surface area (TPSA) is 68.3 Å². The van der Waals surface area contributed by atoms with Gasteiger partial charge in [0, 0.05) is 11.4 Å². The van der Waals surface area contributed by atoms with Gasteiger partial charge in [0.15, 0.2) is 0 Å². The van der Waals surface area contributed by atoms with Gasteiger partial charge in [0.1, 0.15) is 5.69 Å². The number of carbonyl (C=O) groups excluding carboxylic acids is 2. The number of fused-ring (bicyclic) bond motifs is 1. The van der Waals surface area contributed by atoms with E-state index >= 15 is 0 Å². The van der Waals surface area contributed by atoms with Crippen LogP contribution in [0.2, 0.25) is 0 Å². The summed E-state index contributed by atoms with van der Waals surface area (Å²) in [4.78, 5) is 27.5. The highest BCUT2D eigenvalue weighted by Crippen LogP contribution is 2.11. The molecule has 0 radical (unpaired) electrons. The molecule has 1 unspecified atom stereocenters. The number of pyridine rings is 1. The quantitative estimate of drug-likeness (QED) is 0.863. The molecule has 1 atom stereocenters. The number of benzene rings is 1. The first-order valence-electron chi connectivity index (χ1n) is 6.33. The molecule has 2 rings (SSSR count). The Labute approximate surface area is 117 Å². The third-order valence-electron chi connectivity index (χ3n) is 2.91. The highest BCUT2D eigenvalue weighted by molar-refractivity contribution is 5.95. The molecular weight excluding hydrogens is 256 g/mol. The maximum atomic E-state index is 12.0. The predicted molar refractivity (Wildman–Crippen MR) is 75.3 cm³/mol. The number of aromatic nitrogens is 1. The highest BCUT2D eigenvalue weighted by atomic mass is 16.5. The molecular formula is C15H16N2O3. The van der Waals surface area contributed by atoms with Gasteiger partial charge in [-0.05, 0) is 19.1 Å². The molecule has 1 heterocycles. The van der Waals surface area contributed by atoms with Crippen LogP contribution in [0.1, 0.15) is 23.8 Å². The molecule has 5 heteroatoms. The molecule has 1 amide bonds. The normalized spacial score (nSPS) is 11.9. The van der Waals surface area contributed by atoms with Crippen molar-refractivity contribution in [2.75, 3.05) is 7.11 Å². The van der Waals surface area contributed by atoms with Crippen LogP contribution in [0, 0.1) is 0 Å². The Morgan fingerprint density at radius 2 is 2.00 bits per heavy atom. The van der Waals surface area contributed by atoms with E-state index < -0.39 is 0 Å². The monoisotopic (exact) mass is 272 g/mol. The van der Waals surface area contributed by atoms with E-state index in [2.05, 4.69) is 15.0 Å². The van der Waals surface area contributed by atoms with E-state index in [-0.39, 0.29) is 24.3 Å². The number of rotatable bonds is 4. The number of ether oxygens (including phenoxy) is 1. The second-order valence-corrected chi connectivity index (χ2v) is 4.54. The Morgan fingerprint density at radius 3 is 2.75 bits per heavy atom. The van der Waals surface area contributed by atoms with Gasteiger partial charge in [-0.3, -0.25) is 9.59 Å². The summed E-state index contributed by atoms with van der Waals surface area (Å²) in [7, 11) is 1.32. The fourth-order valence-electron chi connectivity index (χ4n) is 1.87. The number of esters is 1. The van der Waals surface area contributed by atoms with Crippen LogP contribution in [0.25, 0.3) is 10.9 Å². The largest absolute Gasteiger partial charge is 0.469 e. The predicted octanol–water partition coefficient (Wildman–Crippen LogP) is 1.92. The maximum absolute atomic E-state index is 12.0. The number of nitrogens with one attached hydrogen (secondary N) is 1.